The molecule has 0 atom stereocenters. The van der Waals surface area contributed by atoms with Crippen LogP contribution < -0.4 is 5.43 Å². The first kappa shape index (κ1) is 19.4. The summed E-state index contributed by atoms with van der Waals surface area (Å²) in [5.41, 5.74) is 4.95. The lowest BCUT2D eigenvalue weighted by Gasteiger charge is -2.04. The van der Waals surface area contributed by atoms with Gasteiger partial charge in [0.05, 0.1) is 22.5 Å². The number of benzene rings is 3. The second-order valence-corrected chi connectivity index (χ2v) is 5.85. The molecule has 0 unspecified atom stereocenters. The van der Waals surface area contributed by atoms with Crippen LogP contribution in [0.4, 0.5) is 11.4 Å². The molecule has 0 spiro atoms. The Balaban J connectivity index is 1.83. The number of carboxylic acids is 2. The van der Waals surface area contributed by atoms with E-state index in [4.69, 9.17) is 10.2 Å². The van der Waals surface area contributed by atoms with E-state index >= 15 is 0 Å². The van der Waals surface area contributed by atoms with Crippen molar-refractivity contribution < 1.29 is 19.8 Å². The fourth-order valence-electron chi connectivity index (χ4n) is 2.31. The Morgan fingerprint density at radius 3 is 1.79 bits per heavy atom. The number of hydrogen-bond acceptors (Lipinski definition) is 5. The zero-order valence-corrected chi connectivity index (χ0v) is 15.1. The molecule has 0 saturated heterocycles. The summed E-state index contributed by atoms with van der Waals surface area (Å²) in [5, 5.41) is 30.5. The van der Waals surface area contributed by atoms with Crippen LogP contribution in [-0.2, 0) is 0 Å². The van der Waals surface area contributed by atoms with Gasteiger partial charge in [-0.15, -0.1) is 10.2 Å². The molecule has 0 heterocycles. The fourth-order valence-corrected chi connectivity index (χ4v) is 2.31. The minimum absolute atomic E-state index is 0.160. The van der Waals surface area contributed by atoms with Gasteiger partial charge in [0.15, 0.2) is 0 Å². The smallest absolute Gasteiger partial charge is 0.335 e. The molecule has 0 radical (unpaired) electrons. The molecule has 3 N–H and O–H groups in total. The third-order valence-corrected chi connectivity index (χ3v) is 3.83. The van der Waals surface area contributed by atoms with E-state index in [1.165, 1.54) is 24.3 Å². The van der Waals surface area contributed by atoms with Gasteiger partial charge in [0.1, 0.15) is 0 Å². The summed E-state index contributed by atoms with van der Waals surface area (Å²) >= 11 is 0. The van der Waals surface area contributed by atoms with E-state index in [1.54, 1.807) is 24.3 Å². The average Bonchev–Trinajstić information content (AvgIpc) is 2.75. The van der Waals surface area contributed by atoms with Gasteiger partial charge in [-0.25, -0.2) is 9.59 Å². The highest BCUT2D eigenvalue weighted by Gasteiger charge is 2.05. The van der Waals surface area contributed by atoms with Crippen molar-refractivity contribution in [2.75, 3.05) is 5.43 Å². The van der Waals surface area contributed by atoms with Crippen LogP contribution >= 0.6 is 0 Å². The minimum Gasteiger partial charge on any atom is -0.478 e. The normalized spacial score (nSPS) is 11.4. The molecule has 8 nitrogen and oxygen atoms in total. The summed E-state index contributed by atoms with van der Waals surface area (Å²) in [7, 11) is 0. The van der Waals surface area contributed by atoms with Crippen LogP contribution in [0.3, 0.4) is 0 Å². The van der Waals surface area contributed by atoms with Crippen molar-refractivity contribution in [3.8, 4) is 0 Å². The minimum atomic E-state index is -1.02. The molecule has 0 aliphatic carbocycles. The lowest BCUT2D eigenvalue weighted by molar-refractivity contribution is 0.0686. The zero-order valence-electron chi connectivity index (χ0n) is 15.1. The predicted octanol–water partition coefficient (Wildman–Crippen LogP) is 4.64. The number of carbonyl (C=O) groups is 2. The number of hydrazone groups is 1. The SMILES string of the molecule is O=C(O)c1ccc(N=N/C(=N\Nc2ccc(C(=O)O)cc2)c2ccccc2)cc1. The quantitative estimate of drug-likeness (QED) is 0.246. The average molecular weight is 388 g/mol. The molecular formula is C21H16N4O4. The Hall–Kier alpha value is -4.33. The van der Waals surface area contributed by atoms with E-state index in [0.717, 1.165) is 0 Å². The molecule has 3 aromatic rings. The molecule has 0 saturated carbocycles. The highest BCUT2D eigenvalue weighted by Crippen LogP contribution is 2.16. The van der Waals surface area contributed by atoms with Crippen LogP contribution in [0.25, 0.3) is 0 Å². The second kappa shape index (κ2) is 9.05. The Kier molecular flexibility index (Phi) is 6.06. The van der Waals surface area contributed by atoms with Crippen LogP contribution in [0.5, 0.6) is 0 Å². The molecule has 0 amide bonds. The van der Waals surface area contributed by atoms with Gasteiger partial charge in [-0.2, -0.15) is 5.10 Å². The summed E-state index contributed by atoms with van der Waals surface area (Å²) < 4.78 is 0. The van der Waals surface area contributed by atoms with Crippen LogP contribution in [0.2, 0.25) is 0 Å². The Morgan fingerprint density at radius 2 is 1.24 bits per heavy atom. The van der Waals surface area contributed by atoms with Crippen LogP contribution in [0.1, 0.15) is 26.3 Å². The van der Waals surface area contributed by atoms with Gasteiger partial charge >= 0.3 is 11.9 Å². The molecule has 0 aliphatic heterocycles. The topological polar surface area (TPSA) is 124 Å². The zero-order chi connectivity index (χ0) is 20.6. The summed E-state index contributed by atoms with van der Waals surface area (Å²) in [6, 6.07) is 21.3. The lowest BCUT2D eigenvalue weighted by Crippen LogP contribution is -2.01. The maximum Gasteiger partial charge on any atom is 0.335 e. The van der Waals surface area contributed by atoms with Crippen molar-refractivity contribution >= 4 is 29.1 Å². The number of nitrogens with one attached hydrogen (secondary N) is 1. The van der Waals surface area contributed by atoms with E-state index in [1.807, 2.05) is 30.3 Å². The van der Waals surface area contributed by atoms with Gasteiger partial charge in [0.25, 0.3) is 0 Å². The molecule has 8 heteroatoms. The van der Waals surface area contributed by atoms with Gasteiger partial charge in [0, 0.05) is 5.56 Å². The van der Waals surface area contributed by atoms with Gasteiger partial charge in [-0.3, -0.25) is 5.43 Å². The molecule has 0 fully saturated rings. The van der Waals surface area contributed by atoms with E-state index in [-0.39, 0.29) is 11.1 Å². The third-order valence-electron chi connectivity index (χ3n) is 3.83. The first-order chi connectivity index (χ1) is 14.0. The predicted molar refractivity (Wildman–Crippen MR) is 108 cm³/mol. The number of nitrogens with zero attached hydrogens (tertiary/aromatic N) is 3. The summed E-state index contributed by atoms with van der Waals surface area (Å²) in [6.07, 6.45) is 0. The number of azo groups is 1. The molecule has 3 aromatic carbocycles. The van der Waals surface area contributed by atoms with Gasteiger partial charge in [-0.1, -0.05) is 30.3 Å². The summed E-state index contributed by atoms with van der Waals surface area (Å²) in [6.45, 7) is 0. The maximum absolute atomic E-state index is 10.9. The van der Waals surface area contributed by atoms with Crippen LogP contribution in [-0.4, -0.2) is 28.0 Å². The second-order valence-electron chi connectivity index (χ2n) is 5.85. The third kappa shape index (κ3) is 5.33. The largest absolute Gasteiger partial charge is 0.478 e. The number of carboxylic acid groups (broad SMARTS) is 2. The first-order valence-electron chi connectivity index (χ1n) is 8.50. The molecule has 0 aromatic heterocycles. The monoisotopic (exact) mass is 388 g/mol. The Morgan fingerprint density at radius 1 is 0.690 bits per heavy atom. The van der Waals surface area contributed by atoms with E-state index in [2.05, 4.69) is 20.8 Å². The van der Waals surface area contributed by atoms with Crippen molar-refractivity contribution in [3.05, 3.63) is 95.6 Å². The van der Waals surface area contributed by atoms with Crippen LogP contribution in [0, 0.1) is 0 Å². The number of hydrogen-bond donors (Lipinski definition) is 3. The number of anilines is 1. The summed E-state index contributed by atoms with van der Waals surface area (Å²) in [4.78, 5) is 21.9. The van der Waals surface area contributed by atoms with E-state index in [0.29, 0.717) is 22.8 Å². The van der Waals surface area contributed by atoms with Crippen molar-refractivity contribution in [1.29, 1.82) is 0 Å². The van der Waals surface area contributed by atoms with Crippen LogP contribution in [0.15, 0.2) is 94.2 Å². The lowest BCUT2D eigenvalue weighted by atomic mass is 10.2. The maximum atomic E-state index is 10.9. The molecule has 0 bridgehead atoms. The van der Waals surface area contributed by atoms with Crippen molar-refractivity contribution in [3.63, 3.8) is 0 Å². The van der Waals surface area contributed by atoms with E-state index in [9.17, 15) is 9.59 Å². The Bertz CT molecular complexity index is 1060. The number of amidine groups is 1. The number of rotatable bonds is 6. The highest BCUT2D eigenvalue weighted by molar-refractivity contribution is 5.99. The molecule has 29 heavy (non-hydrogen) atoms. The number of aromatic carboxylic acids is 2. The summed E-state index contributed by atoms with van der Waals surface area (Å²) in [5.74, 6) is -1.72. The van der Waals surface area contributed by atoms with Gasteiger partial charge in [0.2, 0.25) is 5.84 Å². The molecule has 3 rings (SSSR count). The first-order valence-corrected chi connectivity index (χ1v) is 8.50. The fraction of sp³-hybridized carbons (Fsp3) is 0. The Labute approximate surface area is 165 Å². The van der Waals surface area contributed by atoms with Crippen molar-refractivity contribution in [2.45, 2.75) is 0 Å². The molecule has 144 valence electrons. The van der Waals surface area contributed by atoms with Crippen molar-refractivity contribution in [1.82, 2.24) is 0 Å². The highest BCUT2D eigenvalue weighted by atomic mass is 16.4. The van der Waals surface area contributed by atoms with Gasteiger partial charge in [-0.05, 0) is 48.5 Å². The molecule has 0 aliphatic rings. The van der Waals surface area contributed by atoms with Gasteiger partial charge < -0.3 is 10.2 Å². The molecular weight excluding hydrogens is 372 g/mol. The standard InChI is InChI=1S/C21H16N4O4/c26-20(27)15-6-10-17(11-7-15)22-24-19(14-4-2-1-3-5-14)25-23-18-12-8-16(9-13-18)21(28)29/h1-13,22H,(H,26,27)(H,28,29)/b24-19-,25-23?. The van der Waals surface area contributed by atoms with Crippen molar-refractivity contribution in [2.24, 2.45) is 15.3 Å². The van der Waals surface area contributed by atoms with E-state index < -0.39 is 11.9 Å².